The maximum absolute atomic E-state index is 11.9. The van der Waals surface area contributed by atoms with E-state index in [1.165, 1.54) is 0 Å². The van der Waals surface area contributed by atoms with E-state index in [2.05, 4.69) is 6.92 Å². The first kappa shape index (κ1) is 10.4. The fourth-order valence-electron chi connectivity index (χ4n) is 0.560. The lowest BCUT2D eigenvalue weighted by Crippen LogP contribution is -2.54. The number of carbonyl (C=O) groups is 1. The average molecular weight is 168 g/mol. The van der Waals surface area contributed by atoms with Crippen molar-refractivity contribution >= 4 is 6.29 Å². The van der Waals surface area contributed by atoms with Crippen molar-refractivity contribution in [3.63, 3.8) is 0 Å². The van der Waals surface area contributed by atoms with Crippen molar-refractivity contribution in [2.24, 2.45) is 5.73 Å². The van der Waals surface area contributed by atoms with Gasteiger partial charge < -0.3 is 10.5 Å². The Kier molecular flexibility index (Phi) is 3.04. The van der Waals surface area contributed by atoms with Gasteiger partial charge in [-0.2, -0.15) is 13.2 Å². The molecule has 0 saturated carbocycles. The molecule has 0 fully saturated rings. The Balaban J connectivity index is 4.46. The summed E-state index contributed by atoms with van der Waals surface area (Å²) in [7, 11) is 0. The molecule has 0 bridgehead atoms. The van der Waals surface area contributed by atoms with Crippen LogP contribution in [-0.4, -0.2) is 18.0 Å². The second-order valence-corrected chi connectivity index (χ2v) is 2.26. The van der Waals surface area contributed by atoms with Crippen LogP contribution in [0.2, 0.25) is 0 Å². The molecular weight excluding hydrogens is 159 g/mol. The summed E-state index contributed by atoms with van der Waals surface area (Å²) in [6, 6.07) is 0. The van der Waals surface area contributed by atoms with Gasteiger partial charge in [-0.15, -0.1) is 0 Å². The van der Waals surface area contributed by atoms with Crippen LogP contribution in [0.15, 0.2) is 0 Å². The van der Waals surface area contributed by atoms with Crippen LogP contribution in [0.4, 0.5) is 13.2 Å². The first-order valence-corrected chi connectivity index (χ1v) is 2.98. The molecule has 2 nitrogen and oxygen atoms in total. The summed E-state index contributed by atoms with van der Waals surface area (Å²) < 4.78 is 35.7. The predicted octanol–water partition coefficient (Wildman–Crippen LogP) is 1.06. The molecule has 0 spiro atoms. The van der Waals surface area contributed by atoms with Crippen molar-refractivity contribution in [2.45, 2.75) is 24.6 Å². The quantitative estimate of drug-likeness (QED) is 0.640. The van der Waals surface area contributed by atoms with Crippen molar-refractivity contribution < 1.29 is 18.0 Å². The molecule has 1 unspecified atom stereocenters. The molecule has 0 aliphatic carbocycles. The van der Waals surface area contributed by atoms with Gasteiger partial charge in [-0.1, -0.05) is 13.3 Å². The van der Waals surface area contributed by atoms with Gasteiger partial charge in [0.05, 0.1) is 0 Å². The van der Waals surface area contributed by atoms with Crippen LogP contribution >= 0.6 is 0 Å². The lowest BCUT2D eigenvalue weighted by Gasteiger charge is -2.24. The molecule has 0 saturated heterocycles. The van der Waals surface area contributed by atoms with Gasteiger partial charge in [-0.05, 0) is 6.42 Å². The topological polar surface area (TPSA) is 43.1 Å². The highest BCUT2D eigenvalue weighted by atomic mass is 19.4. The smallest absolute Gasteiger partial charge is 0.312 e. The van der Waals surface area contributed by atoms with E-state index in [1.54, 1.807) is 0 Å². The van der Waals surface area contributed by atoms with E-state index in [-0.39, 0.29) is 12.7 Å². The molecule has 0 heterocycles. The number of hydrogen-bond acceptors (Lipinski definition) is 2. The van der Waals surface area contributed by atoms with Gasteiger partial charge in [-0.3, -0.25) is 0 Å². The van der Waals surface area contributed by atoms with Crippen LogP contribution in [0.5, 0.6) is 0 Å². The number of rotatable bonds is 3. The van der Waals surface area contributed by atoms with E-state index in [0.29, 0.717) is 0 Å². The van der Waals surface area contributed by atoms with E-state index in [4.69, 9.17) is 5.73 Å². The Morgan fingerprint density at radius 3 is 2.00 bits per heavy atom. The lowest BCUT2D eigenvalue weighted by molar-refractivity contribution is -0.184. The summed E-state index contributed by atoms with van der Waals surface area (Å²) in [6.07, 6.45) is -5.45. The molecule has 0 aliphatic rings. The highest BCUT2D eigenvalue weighted by molar-refractivity contribution is 5.65. The normalized spacial score (nSPS) is 17.5. The fraction of sp³-hybridized carbons (Fsp3) is 0.667. The number of nitrogens with two attached hydrogens (primary N) is 1. The zero-order valence-corrected chi connectivity index (χ0v) is 5.82. The number of alkyl halides is 3. The van der Waals surface area contributed by atoms with Crippen LogP contribution in [0, 0.1) is 6.92 Å². The van der Waals surface area contributed by atoms with Gasteiger partial charge in [0.1, 0.15) is 6.29 Å². The summed E-state index contributed by atoms with van der Waals surface area (Å²) in [5, 5.41) is 0. The van der Waals surface area contributed by atoms with Crippen molar-refractivity contribution in [3.8, 4) is 0 Å². The summed E-state index contributed by atoms with van der Waals surface area (Å²) in [6.45, 7) is 3.19. The molecule has 11 heavy (non-hydrogen) atoms. The molecule has 0 rings (SSSR count). The Morgan fingerprint density at radius 1 is 1.45 bits per heavy atom. The monoisotopic (exact) mass is 168 g/mol. The summed E-state index contributed by atoms with van der Waals surface area (Å²) >= 11 is 0. The number of hydrogen-bond donors (Lipinski definition) is 1. The van der Waals surface area contributed by atoms with Crippen LogP contribution in [0.3, 0.4) is 0 Å². The zero-order chi connectivity index (χ0) is 9.12. The molecule has 5 heteroatoms. The molecule has 1 atom stereocenters. The van der Waals surface area contributed by atoms with Gasteiger partial charge in [0.25, 0.3) is 0 Å². The van der Waals surface area contributed by atoms with Gasteiger partial charge in [0.15, 0.2) is 5.54 Å². The van der Waals surface area contributed by atoms with E-state index < -0.39 is 18.1 Å². The minimum atomic E-state index is -4.67. The highest BCUT2D eigenvalue weighted by Crippen LogP contribution is 2.29. The van der Waals surface area contributed by atoms with Crippen molar-refractivity contribution in [2.75, 3.05) is 0 Å². The molecular formula is C6H9F3NO. The molecule has 65 valence electrons. The first-order valence-electron chi connectivity index (χ1n) is 2.98. The Bertz CT molecular complexity index is 145. The molecule has 2 N–H and O–H groups in total. The third-order valence-corrected chi connectivity index (χ3v) is 1.33. The third kappa shape index (κ3) is 2.18. The minimum Gasteiger partial charge on any atom is -0.312 e. The van der Waals surface area contributed by atoms with Crippen LogP contribution in [0.25, 0.3) is 0 Å². The Hall–Kier alpha value is -0.580. The van der Waals surface area contributed by atoms with Crippen molar-refractivity contribution in [1.29, 1.82) is 0 Å². The molecule has 0 aromatic heterocycles. The van der Waals surface area contributed by atoms with Gasteiger partial charge >= 0.3 is 6.18 Å². The van der Waals surface area contributed by atoms with Crippen molar-refractivity contribution in [3.05, 3.63) is 6.92 Å². The van der Waals surface area contributed by atoms with Gasteiger partial charge in [-0.25, -0.2) is 0 Å². The second-order valence-electron chi connectivity index (χ2n) is 2.26. The summed E-state index contributed by atoms with van der Waals surface area (Å²) in [5.74, 6) is 0. The number of halogens is 3. The van der Waals surface area contributed by atoms with Gasteiger partial charge in [0.2, 0.25) is 0 Å². The Labute approximate surface area is 62.6 Å². The van der Waals surface area contributed by atoms with E-state index in [0.717, 1.165) is 0 Å². The second kappa shape index (κ2) is 3.21. The largest absolute Gasteiger partial charge is 0.413 e. The van der Waals surface area contributed by atoms with Crippen molar-refractivity contribution in [1.82, 2.24) is 0 Å². The zero-order valence-electron chi connectivity index (χ0n) is 5.82. The maximum atomic E-state index is 11.9. The number of carbonyl (C=O) groups excluding carboxylic acids is 1. The lowest BCUT2D eigenvalue weighted by atomic mass is 9.96. The predicted molar refractivity (Wildman–Crippen MR) is 33.6 cm³/mol. The minimum absolute atomic E-state index is 0.0191. The Morgan fingerprint density at radius 2 is 1.91 bits per heavy atom. The van der Waals surface area contributed by atoms with Crippen LogP contribution < -0.4 is 5.73 Å². The van der Waals surface area contributed by atoms with Crippen LogP contribution in [-0.2, 0) is 4.79 Å². The first-order chi connectivity index (χ1) is 4.87. The van der Waals surface area contributed by atoms with E-state index in [1.807, 2.05) is 0 Å². The standard InChI is InChI=1S/C6H9F3NO/c1-2-3-5(10,4-11)6(7,8)9/h4H,1-3,10H2. The highest BCUT2D eigenvalue weighted by Gasteiger charge is 2.51. The summed E-state index contributed by atoms with van der Waals surface area (Å²) in [5.41, 5.74) is 2.04. The fourth-order valence-corrected chi connectivity index (χ4v) is 0.560. The molecule has 0 aliphatic heterocycles. The molecule has 0 aromatic rings. The van der Waals surface area contributed by atoms with Gasteiger partial charge in [0, 0.05) is 0 Å². The van der Waals surface area contributed by atoms with E-state index >= 15 is 0 Å². The number of aldehydes is 1. The summed E-state index contributed by atoms with van der Waals surface area (Å²) in [4.78, 5) is 9.99. The molecule has 0 aromatic carbocycles. The SMILES string of the molecule is [CH2]CCC(N)(C=O)C(F)(F)F. The molecule has 0 amide bonds. The maximum Gasteiger partial charge on any atom is 0.413 e. The third-order valence-electron chi connectivity index (χ3n) is 1.33. The molecule has 1 radical (unpaired) electrons. The van der Waals surface area contributed by atoms with E-state index in [9.17, 15) is 18.0 Å². The van der Waals surface area contributed by atoms with Crippen LogP contribution in [0.1, 0.15) is 12.8 Å². The average Bonchev–Trinajstić information content (AvgIpc) is 1.86.